The van der Waals surface area contributed by atoms with Crippen LogP contribution in [0.5, 0.6) is 0 Å². The zero-order chi connectivity index (χ0) is 7.11. The first kappa shape index (κ1) is 8.21. The van der Waals surface area contributed by atoms with E-state index in [2.05, 4.69) is 4.99 Å². The normalized spacial score (nSPS) is 15.6. The van der Waals surface area contributed by atoms with E-state index in [1.165, 1.54) is 0 Å². The van der Waals surface area contributed by atoms with Crippen LogP contribution in [0.2, 0.25) is 0 Å². The van der Waals surface area contributed by atoms with Crippen LogP contribution in [0.15, 0.2) is 17.3 Å². The van der Waals surface area contributed by atoms with Crippen molar-refractivity contribution in [1.82, 2.24) is 0 Å². The van der Waals surface area contributed by atoms with Crippen molar-refractivity contribution in [2.24, 2.45) is 10.7 Å². The minimum absolute atomic E-state index is 0.752. The minimum Gasteiger partial charge on any atom is -0.387 e. The topological polar surface area (TPSA) is 38.4 Å². The maximum absolute atomic E-state index is 5.33. The predicted molar refractivity (Wildman–Crippen MR) is 41.3 cm³/mol. The SMILES string of the molecule is CC.NC1=NC=CCC1. The van der Waals surface area contributed by atoms with Gasteiger partial charge in [-0.25, -0.2) is 4.99 Å². The number of hydrogen-bond acceptors (Lipinski definition) is 2. The van der Waals surface area contributed by atoms with Gasteiger partial charge in [-0.2, -0.15) is 0 Å². The highest BCUT2D eigenvalue weighted by Crippen LogP contribution is 1.97. The quantitative estimate of drug-likeness (QED) is 0.527. The lowest BCUT2D eigenvalue weighted by Gasteiger charge is -1.97. The van der Waals surface area contributed by atoms with E-state index in [4.69, 9.17) is 5.73 Å². The van der Waals surface area contributed by atoms with Gasteiger partial charge < -0.3 is 5.73 Å². The summed E-state index contributed by atoms with van der Waals surface area (Å²) in [6.45, 7) is 4.00. The van der Waals surface area contributed by atoms with Gasteiger partial charge in [0.05, 0.1) is 5.84 Å². The van der Waals surface area contributed by atoms with Gasteiger partial charge >= 0.3 is 0 Å². The molecule has 0 bridgehead atoms. The molecule has 0 fully saturated rings. The van der Waals surface area contributed by atoms with Crippen molar-refractivity contribution in [3.05, 3.63) is 12.3 Å². The molecule has 2 nitrogen and oxygen atoms in total. The standard InChI is InChI=1S/C5H8N2.C2H6/c6-5-3-1-2-4-7-5;1-2/h2,4H,1,3H2,(H2,6,7);1-2H3. The zero-order valence-corrected chi connectivity index (χ0v) is 6.09. The molecule has 2 heteroatoms. The van der Waals surface area contributed by atoms with E-state index in [9.17, 15) is 0 Å². The van der Waals surface area contributed by atoms with Crippen LogP contribution in [0.3, 0.4) is 0 Å². The lowest BCUT2D eigenvalue weighted by atomic mass is 10.2. The Bertz CT molecular complexity index is 114. The van der Waals surface area contributed by atoms with E-state index in [0.29, 0.717) is 0 Å². The molecule has 0 aromatic heterocycles. The summed E-state index contributed by atoms with van der Waals surface area (Å²) < 4.78 is 0. The molecule has 0 amide bonds. The van der Waals surface area contributed by atoms with Crippen molar-refractivity contribution in [3.63, 3.8) is 0 Å². The van der Waals surface area contributed by atoms with Crippen LogP contribution in [-0.4, -0.2) is 5.84 Å². The second kappa shape index (κ2) is 5.35. The molecule has 1 aliphatic rings. The lowest BCUT2D eigenvalue weighted by molar-refractivity contribution is 1.04. The summed E-state index contributed by atoms with van der Waals surface area (Å²) >= 11 is 0. The smallest absolute Gasteiger partial charge is 0.0991 e. The van der Waals surface area contributed by atoms with Gasteiger partial charge in [0.15, 0.2) is 0 Å². The van der Waals surface area contributed by atoms with Crippen molar-refractivity contribution >= 4 is 5.84 Å². The zero-order valence-electron chi connectivity index (χ0n) is 6.09. The highest BCUT2D eigenvalue weighted by Gasteiger charge is 1.90. The van der Waals surface area contributed by atoms with E-state index in [-0.39, 0.29) is 0 Å². The van der Waals surface area contributed by atoms with Crippen LogP contribution >= 0.6 is 0 Å². The molecule has 52 valence electrons. The predicted octanol–water partition coefficient (Wildman–Crippen LogP) is 1.68. The second-order valence-electron chi connectivity index (χ2n) is 1.54. The summed E-state index contributed by atoms with van der Waals surface area (Å²) in [4.78, 5) is 3.84. The molecule has 1 heterocycles. The average molecular weight is 126 g/mol. The number of hydrogen-bond donors (Lipinski definition) is 1. The van der Waals surface area contributed by atoms with Crippen molar-refractivity contribution in [1.29, 1.82) is 0 Å². The highest BCUT2D eigenvalue weighted by molar-refractivity contribution is 5.81. The van der Waals surface area contributed by atoms with Crippen molar-refractivity contribution in [3.8, 4) is 0 Å². The summed E-state index contributed by atoms with van der Waals surface area (Å²) in [7, 11) is 0. The first-order chi connectivity index (χ1) is 4.39. The Morgan fingerprint density at radius 3 is 2.44 bits per heavy atom. The highest BCUT2D eigenvalue weighted by atomic mass is 14.8. The Labute approximate surface area is 56.5 Å². The molecule has 0 unspecified atom stereocenters. The van der Waals surface area contributed by atoms with Gasteiger partial charge in [-0.05, 0) is 6.42 Å². The average Bonchev–Trinajstić information content (AvgIpc) is 1.94. The number of aliphatic imine (C=N–C) groups is 1. The summed E-state index contributed by atoms with van der Waals surface area (Å²) in [6.07, 6.45) is 5.74. The summed E-state index contributed by atoms with van der Waals surface area (Å²) in [6, 6.07) is 0. The molecule has 2 N–H and O–H groups in total. The maximum atomic E-state index is 5.33. The van der Waals surface area contributed by atoms with E-state index in [1.54, 1.807) is 6.20 Å². The lowest BCUT2D eigenvalue weighted by Crippen LogP contribution is -2.11. The summed E-state index contributed by atoms with van der Waals surface area (Å²) in [5, 5.41) is 0. The summed E-state index contributed by atoms with van der Waals surface area (Å²) in [5.41, 5.74) is 5.33. The van der Waals surface area contributed by atoms with Crippen LogP contribution in [0.4, 0.5) is 0 Å². The molecule has 0 aromatic carbocycles. The van der Waals surface area contributed by atoms with E-state index < -0.39 is 0 Å². The van der Waals surface area contributed by atoms with Crippen LogP contribution in [0.1, 0.15) is 26.7 Å². The molecule has 0 aliphatic carbocycles. The number of amidine groups is 1. The van der Waals surface area contributed by atoms with Gasteiger partial charge in [-0.15, -0.1) is 0 Å². The first-order valence-corrected chi connectivity index (χ1v) is 3.37. The number of nitrogens with zero attached hydrogens (tertiary/aromatic N) is 1. The molecule has 0 atom stereocenters. The molecule has 0 saturated carbocycles. The maximum Gasteiger partial charge on any atom is 0.0991 e. The van der Waals surface area contributed by atoms with Gasteiger partial charge in [0.1, 0.15) is 0 Å². The minimum atomic E-state index is 0.752. The molecule has 0 aromatic rings. The van der Waals surface area contributed by atoms with E-state index >= 15 is 0 Å². The Morgan fingerprint density at radius 1 is 1.56 bits per heavy atom. The largest absolute Gasteiger partial charge is 0.387 e. The Balaban J connectivity index is 0.000000291. The molecular formula is C7H14N2. The van der Waals surface area contributed by atoms with Gasteiger partial charge in [0.25, 0.3) is 0 Å². The van der Waals surface area contributed by atoms with Crippen LogP contribution < -0.4 is 5.73 Å². The van der Waals surface area contributed by atoms with Gasteiger partial charge in [0, 0.05) is 12.6 Å². The summed E-state index contributed by atoms with van der Waals surface area (Å²) in [5.74, 6) is 0.752. The van der Waals surface area contributed by atoms with Gasteiger partial charge in [0.2, 0.25) is 0 Å². The van der Waals surface area contributed by atoms with Gasteiger partial charge in [-0.1, -0.05) is 19.9 Å². The molecule has 0 saturated heterocycles. The van der Waals surface area contributed by atoms with E-state index in [0.717, 1.165) is 18.7 Å². The third kappa shape index (κ3) is 3.76. The van der Waals surface area contributed by atoms with Crippen LogP contribution in [0, 0.1) is 0 Å². The Morgan fingerprint density at radius 2 is 2.22 bits per heavy atom. The Kier molecular flexibility index (Phi) is 4.88. The van der Waals surface area contributed by atoms with Crippen molar-refractivity contribution < 1.29 is 0 Å². The molecular weight excluding hydrogens is 112 g/mol. The molecule has 0 radical (unpaired) electrons. The Hall–Kier alpha value is -0.790. The number of rotatable bonds is 0. The fraction of sp³-hybridized carbons (Fsp3) is 0.571. The molecule has 0 spiro atoms. The molecule has 1 aliphatic heterocycles. The third-order valence-corrected chi connectivity index (χ3v) is 0.913. The van der Waals surface area contributed by atoms with E-state index in [1.807, 2.05) is 19.9 Å². The second-order valence-corrected chi connectivity index (χ2v) is 1.54. The monoisotopic (exact) mass is 126 g/mol. The van der Waals surface area contributed by atoms with Crippen LogP contribution in [0.25, 0.3) is 0 Å². The fourth-order valence-corrected chi connectivity index (χ4v) is 0.519. The fourth-order valence-electron chi connectivity index (χ4n) is 0.519. The van der Waals surface area contributed by atoms with Crippen molar-refractivity contribution in [2.45, 2.75) is 26.7 Å². The number of allylic oxidation sites excluding steroid dienone is 1. The number of nitrogens with two attached hydrogens (primary N) is 1. The molecule has 9 heavy (non-hydrogen) atoms. The first-order valence-electron chi connectivity index (χ1n) is 3.37. The van der Waals surface area contributed by atoms with Gasteiger partial charge in [-0.3, -0.25) is 0 Å². The molecule has 1 rings (SSSR count). The van der Waals surface area contributed by atoms with Crippen molar-refractivity contribution in [2.75, 3.05) is 0 Å². The third-order valence-electron chi connectivity index (χ3n) is 0.913. The van der Waals surface area contributed by atoms with Crippen LogP contribution in [-0.2, 0) is 0 Å².